The average Bonchev–Trinajstić information content (AvgIpc) is 2.91. The van der Waals surface area contributed by atoms with Crippen molar-refractivity contribution in [1.29, 1.82) is 0 Å². The minimum atomic E-state index is -0.190. The zero-order chi connectivity index (χ0) is 12.8. The lowest BCUT2D eigenvalue weighted by Crippen LogP contribution is -2.33. The van der Waals surface area contributed by atoms with Crippen LogP contribution in [0.5, 0.6) is 0 Å². The van der Waals surface area contributed by atoms with E-state index >= 15 is 0 Å². The van der Waals surface area contributed by atoms with E-state index in [0.717, 1.165) is 12.8 Å². The van der Waals surface area contributed by atoms with Crippen molar-refractivity contribution in [3.8, 4) is 0 Å². The summed E-state index contributed by atoms with van der Waals surface area (Å²) in [6, 6.07) is 10.3. The van der Waals surface area contributed by atoms with Crippen molar-refractivity contribution >= 4 is 5.91 Å². The number of hydrogen-bond donors (Lipinski definition) is 2. The molecule has 18 heavy (non-hydrogen) atoms. The first-order valence-electron chi connectivity index (χ1n) is 5.96. The molecule has 2 aromatic rings. The highest BCUT2D eigenvalue weighted by molar-refractivity contribution is 5.91. The van der Waals surface area contributed by atoms with Crippen molar-refractivity contribution in [2.24, 2.45) is 0 Å². The number of nitrogens with zero attached hydrogens (tertiary/aromatic N) is 2. The fourth-order valence-corrected chi connectivity index (χ4v) is 1.71. The molecule has 0 bridgehead atoms. The smallest absolute Gasteiger partial charge is 0.273 e. The van der Waals surface area contributed by atoms with Crippen LogP contribution in [0.25, 0.3) is 0 Å². The van der Waals surface area contributed by atoms with Crippen LogP contribution in [-0.4, -0.2) is 27.4 Å². The second-order valence-electron chi connectivity index (χ2n) is 4.25. The molecule has 0 saturated heterocycles. The molecule has 1 heterocycles. The molecule has 0 saturated carbocycles. The first kappa shape index (κ1) is 12.3. The summed E-state index contributed by atoms with van der Waals surface area (Å²) < 4.78 is 0. The van der Waals surface area contributed by atoms with Crippen molar-refractivity contribution < 1.29 is 4.79 Å². The zero-order valence-electron chi connectivity index (χ0n) is 10.3. The van der Waals surface area contributed by atoms with Gasteiger partial charge in [0.1, 0.15) is 0 Å². The number of aromatic nitrogens is 3. The van der Waals surface area contributed by atoms with Gasteiger partial charge in [0, 0.05) is 6.04 Å². The van der Waals surface area contributed by atoms with Gasteiger partial charge in [0.2, 0.25) is 0 Å². The first-order chi connectivity index (χ1) is 8.75. The molecule has 1 aromatic carbocycles. The van der Waals surface area contributed by atoms with Crippen molar-refractivity contribution in [2.45, 2.75) is 25.8 Å². The number of aromatic amines is 1. The van der Waals surface area contributed by atoms with Crippen LogP contribution in [0.4, 0.5) is 0 Å². The van der Waals surface area contributed by atoms with Crippen molar-refractivity contribution in [3.63, 3.8) is 0 Å². The summed E-state index contributed by atoms with van der Waals surface area (Å²) in [5.74, 6) is -0.190. The second kappa shape index (κ2) is 5.95. The van der Waals surface area contributed by atoms with Gasteiger partial charge in [-0.3, -0.25) is 4.79 Å². The Kier molecular flexibility index (Phi) is 4.06. The standard InChI is InChI=1S/C13H16N4O/c1-10(7-8-11-5-3-2-4-6-11)15-13(18)12-9-14-17-16-12/h2-6,9-10H,7-8H2,1H3,(H,15,18)(H,14,16,17)/t10-/m0/s1. The molecule has 0 radical (unpaired) electrons. The van der Waals surface area contributed by atoms with E-state index in [1.54, 1.807) is 0 Å². The molecule has 0 aliphatic carbocycles. The molecule has 1 amide bonds. The van der Waals surface area contributed by atoms with Gasteiger partial charge in [-0.15, -0.1) is 0 Å². The van der Waals surface area contributed by atoms with Gasteiger partial charge in [0.15, 0.2) is 5.69 Å². The maximum Gasteiger partial charge on any atom is 0.273 e. The Morgan fingerprint density at radius 1 is 1.39 bits per heavy atom. The van der Waals surface area contributed by atoms with E-state index in [-0.39, 0.29) is 11.9 Å². The van der Waals surface area contributed by atoms with Crippen molar-refractivity contribution in [2.75, 3.05) is 0 Å². The summed E-state index contributed by atoms with van der Waals surface area (Å²) in [5.41, 5.74) is 1.60. The summed E-state index contributed by atoms with van der Waals surface area (Å²) in [4.78, 5) is 11.7. The predicted octanol–water partition coefficient (Wildman–Crippen LogP) is 1.56. The van der Waals surface area contributed by atoms with Gasteiger partial charge in [0.05, 0.1) is 6.20 Å². The molecule has 0 unspecified atom stereocenters. The molecule has 94 valence electrons. The molecule has 0 aliphatic heterocycles. The summed E-state index contributed by atoms with van der Waals surface area (Å²) in [7, 11) is 0. The van der Waals surface area contributed by atoms with E-state index < -0.39 is 0 Å². The molecule has 5 nitrogen and oxygen atoms in total. The first-order valence-corrected chi connectivity index (χ1v) is 5.96. The Morgan fingerprint density at radius 2 is 2.17 bits per heavy atom. The summed E-state index contributed by atoms with van der Waals surface area (Å²) in [5, 5.41) is 12.7. The molecule has 0 spiro atoms. The molecule has 5 heteroatoms. The minimum Gasteiger partial charge on any atom is -0.348 e. The number of H-pyrrole nitrogens is 1. The number of amides is 1. The molecule has 2 rings (SSSR count). The number of benzene rings is 1. The van der Waals surface area contributed by atoms with Gasteiger partial charge in [-0.1, -0.05) is 30.3 Å². The number of carbonyl (C=O) groups excluding carboxylic acids is 1. The van der Waals surface area contributed by atoms with Crippen LogP contribution in [-0.2, 0) is 6.42 Å². The third-order valence-corrected chi connectivity index (χ3v) is 2.73. The van der Waals surface area contributed by atoms with Gasteiger partial charge in [-0.05, 0) is 25.3 Å². The lowest BCUT2D eigenvalue weighted by Gasteiger charge is -2.12. The third kappa shape index (κ3) is 3.41. The number of hydrogen-bond acceptors (Lipinski definition) is 3. The topological polar surface area (TPSA) is 70.7 Å². The highest BCUT2D eigenvalue weighted by atomic mass is 16.2. The van der Waals surface area contributed by atoms with Crippen molar-refractivity contribution in [3.05, 3.63) is 47.8 Å². The highest BCUT2D eigenvalue weighted by Gasteiger charge is 2.11. The second-order valence-corrected chi connectivity index (χ2v) is 4.25. The Morgan fingerprint density at radius 3 is 2.83 bits per heavy atom. The number of carbonyl (C=O) groups is 1. The van der Waals surface area contributed by atoms with E-state index in [9.17, 15) is 4.79 Å². The van der Waals surface area contributed by atoms with Crippen LogP contribution in [0, 0.1) is 0 Å². The maximum absolute atomic E-state index is 11.7. The van der Waals surface area contributed by atoms with Gasteiger partial charge in [0.25, 0.3) is 5.91 Å². The monoisotopic (exact) mass is 244 g/mol. The molecule has 1 aromatic heterocycles. The van der Waals surface area contributed by atoms with E-state index in [0.29, 0.717) is 5.69 Å². The highest BCUT2D eigenvalue weighted by Crippen LogP contribution is 2.05. The van der Waals surface area contributed by atoms with Crippen LogP contribution >= 0.6 is 0 Å². The Labute approximate surface area is 106 Å². The third-order valence-electron chi connectivity index (χ3n) is 2.73. The van der Waals surface area contributed by atoms with Gasteiger partial charge < -0.3 is 5.32 Å². The predicted molar refractivity (Wildman–Crippen MR) is 68.1 cm³/mol. The van der Waals surface area contributed by atoms with E-state index in [4.69, 9.17) is 0 Å². The van der Waals surface area contributed by atoms with E-state index in [2.05, 4.69) is 32.9 Å². The van der Waals surface area contributed by atoms with Crippen LogP contribution in [0.3, 0.4) is 0 Å². The quantitative estimate of drug-likeness (QED) is 0.838. The average molecular weight is 244 g/mol. The fraction of sp³-hybridized carbons (Fsp3) is 0.308. The number of nitrogens with one attached hydrogen (secondary N) is 2. The number of aryl methyl sites for hydroxylation is 1. The summed E-state index contributed by atoms with van der Waals surface area (Å²) >= 11 is 0. The van der Waals surface area contributed by atoms with Crippen LogP contribution in [0.1, 0.15) is 29.4 Å². The van der Waals surface area contributed by atoms with Gasteiger partial charge in [-0.25, -0.2) is 0 Å². The largest absolute Gasteiger partial charge is 0.348 e. The molecule has 1 atom stereocenters. The molecular formula is C13H16N4O. The molecule has 0 fully saturated rings. The van der Waals surface area contributed by atoms with E-state index in [1.165, 1.54) is 11.8 Å². The summed E-state index contributed by atoms with van der Waals surface area (Å²) in [6.07, 6.45) is 3.26. The Hall–Kier alpha value is -2.17. The lowest BCUT2D eigenvalue weighted by atomic mass is 10.1. The van der Waals surface area contributed by atoms with Crippen LogP contribution in [0.15, 0.2) is 36.5 Å². The maximum atomic E-state index is 11.7. The summed E-state index contributed by atoms with van der Waals surface area (Å²) in [6.45, 7) is 1.99. The minimum absolute atomic E-state index is 0.106. The van der Waals surface area contributed by atoms with Crippen molar-refractivity contribution in [1.82, 2.24) is 20.7 Å². The molecular weight excluding hydrogens is 228 g/mol. The lowest BCUT2D eigenvalue weighted by molar-refractivity contribution is 0.0933. The number of rotatable bonds is 5. The van der Waals surface area contributed by atoms with Crippen LogP contribution < -0.4 is 5.32 Å². The van der Waals surface area contributed by atoms with Gasteiger partial charge in [-0.2, -0.15) is 15.4 Å². The van der Waals surface area contributed by atoms with E-state index in [1.807, 2.05) is 25.1 Å². The fourth-order valence-electron chi connectivity index (χ4n) is 1.71. The molecule has 2 N–H and O–H groups in total. The zero-order valence-corrected chi connectivity index (χ0v) is 10.3. The molecule has 0 aliphatic rings. The normalized spacial score (nSPS) is 12.1. The van der Waals surface area contributed by atoms with Gasteiger partial charge >= 0.3 is 0 Å². The Bertz CT molecular complexity index is 481. The SMILES string of the molecule is C[C@@H](CCc1ccccc1)NC(=O)c1cn[nH]n1. The Balaban J connectivity index is 1.79. The van der Waals surface area contributed by atoms with Crippen LogP contribution in [0.2, 0.25) is 0 Å².